The first-order valence-electron chi connectivity index (χ1n) is 5.08. The molecule has 2 rings (SSSR count). The molecule has 0 atom stereocenters. The summed E-state index contributed by atoms with van der Waals surface area (Å²) in [5.74, 6) is 1.35. The number of aromatic nitrogens is 2. The second-order valence-electron chi connectivity index (χ2n) is 3.74. The van der Waals surface area contributed by atoms with Gasteiger partial charge in [-0.1, -0.05) is 0 Å². The average Bonchev–Trinajstić information content (AvgIpc) is 2.87. The zero-order valence-electron chi connectivity index (χ0n) is 8.70. The molecule has 1 fully saturated rings. The first kappa shape index (κ1) is 9.24. The minimum absolute atomic E-state index is 0.374. The molecule has 1 aliphatic carbocycles. The maximum atomic E-state index is 5.62. The molecule has 1 aliphatic rings. The van der Waals surface area contributed by atoms with Gasteiger partial charge in [0.25, 0.3) is 0 Å². The average molecular weight is 192 g/mol. The molecule has 1 saturated carbocycles. The van der Waals surface area contributed by atoms with Gasteiger partial charge in [0.15, 0.2) is 0 Å². The van der Waals surface area contributed by atoms with Gasteiger partial charge in [0.05, 0.1) is 0 Å². The molecule has 1 aromatic rings. The van der Waals surface area contributed by atoms with Gasteiger partial charge in [-0.05, 0) is 26.7 Å². The van der Waals surface area contributed by atoms with Crippen LogP contribution < -0.4 is 10.6 Å². The Morgan fingerprint density at radius 2 is 2.21 bits per heavy atom. The number of nitrogens with zero attached hydrogens (tertiary/aromatic N) is 3. The summed E-state index contributed by atoms with van der Waals surface area (Å²) in [5.41, 5.74) is 6.56. The Kier molecular flexibility index (Phi) is 2.27. The summed E-state index contributed by atoms with van der Waals surface area (Å²) in [6.45, 7) is 5.08. The molecular formula is C10H16N4. The summed E-state index contributed by atoms with van der Waals surface area (Å²) < 4.78 is 0. The predicted molar refractivity (Wildman–Crippen MR) is 57.2 cm³/mol. The Morgan fingerprint density at radius 3 is 2.71 bits per heavy atom. The van der Waals surface area contributed by atoms with Gasteiger partial charge < -0.3 is 10.6 Å². The van der Waals surface area contributed by atoms with E-state index in [2.05, 4.69) is 21.8 Å². The van der Waals surface area contributed by atoms with Crippen LogP contribution in [0.25, 0.3) is 0 Å². The Morgan fingerprint density at radius 1 is 1.50 bits per heavy atom. The van der Waals surface area contributed by atoms with Gasteiger partial charge in [0, 0.05) is 24.3 Å². The van der Waals surface area contributed by atoms with Crippen molar-refractivity contribution >= 4 is 11.8 Å². The fraction of sp³-hybridized carbons (Fsp3) is 0.600. The molecule has 76 valence electrons. The summed E-state index contributed by atoms with van der Waals surface area (Å²) in [6, 6.07) is 2.67. The van der Waals surface area contributed by atoms with Gasteiger partial charge in [-0.25, -0.2) is 4.98 Å². The molecule has 0 unspecified atom stereocenters. The Balaban J connectivity index is 2.28. The molecule has 0 saturated heterocycles. The monoisotopic (exact) mass is 192 g/mol. The lowest BCUT2D eigenvalue weighted by Gasteiger charge is -2.21. The molecule has 1 heterocycles. The number of rotatable bonds is 3. The van der Waals surface area contributed by atoms with Crippen molar-refractivity contribution < 1.29 is 0 Å². The maximum Gasteiger partial charge on any atom is 0.222 e. The molecule has 0 aromatic carbocycles. The molecule has 0 amide bonds. The number of hydrogen-bond acceptors (Lipinski definition) is 4. The van der Waals surface area contributed by atoms with Crippen molar-refractivity contribution in [2.75, 3.05) is 17.2 Å². The second kappa shape index (κ2) is 3.44. The van der Waals surface area contributed by atoms with Crippen LogP contribution in [-0.2, 0) is 0 Å². The highest BCUT2D eigenvalue weighted by molar-refractivity contribution is 5.45. The highest BCUT2D eigenvalue weighted by Gasteiger charge is 2.29. The van der Waals surface area contributed by atoms with E-state index < -0.39 is 0 Å². The van der Waals surface area contributed by atoms with Crippen LogP contribution in [0.5, 0.6) is 0 Å². The molecule has 0 aliphatic heterocycles. The lowest BCUT2D eigenvalue weighted by Crippen LogP contribution is -2.26. The van der Waals surface area contributed by atoms with Crippen molar-refractivity contribution in [2.24, 2.45) is 0 Å². The fourth-order valence-corrected chi connectivity index (χ4v) is 1.72. The van der Waals surface area contributed by atoms with E-state index in [9.17, 15) is 0 Å². The first-order valence-corrected chi connectivity index (χ1v) is 5.08. The van der Waals surface area contributed by atoms with E-state index in [-0.39, 0.29) is 0 Å². The van der Waals surface area contributed by atoms with Crippen LogP contribution in [-0.4, -0.2) is 22.6 Å². The number of nitrogens with two attached hydrogens (primary N) is 1. The molecule has 4 nitrogen and oxygen atoms in total. The van der Waals surface area contributed by atoms with Crippen molar-refractivity contribution in [3.63, 3.8) is 0 Å². The van der Waals surface area contributed by atoms with Crippen LogP contribution in [0.2, 0.25) is 0 Å². The van der Waals surface area contributed by atoms with Crippen LogP contribution in [0.1, 0.15) is 25.5 Å². The van der Waals surface area contributed by atoms with E-state index in [1.807, 2.05) is 13.0 Å². The number of anilines is 2. The van der Waals surface area contributed by atoms with E-state index in [0.29, 0.717) is 12.0 Å². The van der Waals surface area contributed by atoms with Gasteiger partial charge >= 0.3 is 0 Å². The zero-order valence-corrected chi connectivity index (χ0v) is 8.70. The molecule has 14 heavy (non-hydrogen) atoms. The van der Waals surface area contributed by atoms with Crippen molar-refractivity contribution in [1.82, 2.24) is 9.97 Å². The van der Waals surface area contributed by atoms with Gasteiger partial charge in [-0.15, -0.1) is 0 Å². The van der Waals surface area contributed by atoms with E-state index in [1.54, 1.807) is 0 Å². The van der Waals surface area contributed by atoms with Crippen molar-refractivity contribution in [2.45, 2.75) is 32.7 Å². The van der Waals surface area contributed by atoms with E-state index in [4.69, 9.17) is 5.73 Å². The van der Waals surface area contributed by atoms with Crippen LogP contribution in [0.3, 0.4) is 0 Å². The molecule has 4 heteroatoms. The van der Waals surface area contributed by atoms with E-state index >= 15 is 0 Å². The van der Waals surface area contributed by atoms with Gasteiger partial charge in [0.1, 0.15) is 5.82 Å². The quantitative estimate of drug-likeness (QED) is 0.785. The molecule has 1 aromatic heterocycles. The van der Waals surface area contributed by atoms with Crippen molar-refractivity contribution in [3.8, 4) is 0 Å². The fourth-order valence-electron chi connectivity index (χ4n) is 1.72. The Bertz CT molecular complexity index is 313. The molecule has 0 bridgehead atoms. The summed E-state index contributed by atoms with van der Waals surface area (Å²) in [7, 11) is 0. The topological polar surface area (TPSA) is 55.0 Å². The summed E-state index contributed by atoms with van der Waals surface area (Å²) in [6.07, 6.45) is 2.55. The minimum Gasteiger partial charge on any atom is -0.368 e. The lowest BCUT2D eigenvalue weighted by molar-refractivity contribution is 0.804. The van der Waals surface area contributed by atoms with Crippen molar-refractivity contribution in [3.05, 3.63) is 11.8 Å². The predicted octanol–water partition coefficient (Wildman–Crippen LogP) is 1.36. The molecular weight excluding hydrogens is 176 g/mol. The third-order valence-electron chi connectivity index (χ3n) is 2.48. The van der Waals surface area contributed by atoms with Gasteiger partial charge in [-0.3, -0.25) is 0 Å². The molecule has 2 N–H and O–H groups in total. The molecule has 0 radical (unpaired) electrons. The highest BCUT2D eigenvalue weighted by atomic mass is 15.2. The maximum absolute atomic E-state index is 5.62. The first-order chi connectivity index (χ1) is 6.70. The number of nitrogen functional groups attached to an aromatic ring is 1. The standard InChI is InChI=1S/C10H16N4/c1-3-14(8-4-5-8)9-6-7(2)12-10(11)13-9/h6,8H,3-5H2,1-2H3,(H2,11,12,13). The van der Waals surface area contributed by atoms with Crippen LogP contribution >= 0.6 is 0 Å². The third-order valence-corrected chi connectivity index (χ3v) is 2.48. The summed E-state index contributed by atoms with van der Waals surface area (Å²) in [4.78, 5) is 10.6. The van der Waals surface area contributed by atoms with E-state index in [0.717, 1.165) is 18.1 Å². The van der Waals surface area contributed by atoms with Crippen LogP contribution in [0, 0.1) is 6.92 Å². The normalized spacial score (nSPS) is 15.6. The Hall–Kier alpha value is -1.32. The third kappa shape index (κ3) is 1.78. The largest absolute Gasteiger partial charge is 0.368 e. The SMILES string of the molecule is CCN(c1cc(C)nc(N)n1)C1CC1. The number of aryl methyl sites for hydroxylation is 1. The van der Waals surface area contributed by atoms with E-state index in [1.165, 1.54) is 12.8 Å². The zero-order chi connectivity index (χ0) is 10.1. The number of hydrogen-bond donors (Lipinski definition) is 1. The lowest BCUT2D eigenvalue weighted by atomic mass is 10.4. The summed E-state index contributed by atoms with van der Waals surface area (Å²) in [5, 5.41) is 0. The highest BCUT2D eigenvalue weighted by Crippen LogP contribution is 2.30. The van der Waals surface area contributed by atoms with Gasteiger partial charge in [0.2, 0.25) is 5.95 Å². The smallest absolute Gasteiger partial charge is 0.222 e. The van der Waals surface area contributed by atoms with Crippen molar-refractivity contribution in [1.29, 1.82) is 0 Å². The summed E-state index contributed by atoms with van der Waals surface area (Å²) >= 11 is 0. The second-order valence-corrected chi connectivity index (χ2v) is 3.74. The molecule has 0 spiro atoms. The van der Waals surface area contributed by atoms with Crippen LogP contribution in [0.15, 0.2) is 6.07 Å². The van der Waals surface area contributed by atoms with Gasteiger partial charge in [-0.2, -0.15) is 4.98 Å². The minimum atomic E-state index is 0.374. The van der Waals surface area contributed by atoms with Crippen LogP contribution in [0.4, 0.5) is 11.8 Å². The Labute approximate surface area is 84.2 Å².